The third-order valence-corrected chi connectivity index (χ3v) is 2.59. The Morgan fingerprint density at radius 3 is 2.67 bits per heavy atom. The van der Waals surface area contributed by atoms with E-state index in [2.05, 4.69) is 22.5 Å². The van der Waals surface area contributed by atoms with Gasteiger partial charge in [-0.05, 0) is 24.6 Å². The Bertz CT molecular complexity index is 573. The molecule has 112 valence electrons. The number of carbonyl (C=O) groups is 2. The van der Waals surface area contributed by atoms with Gasteiger partial charge in [0.2, 0.25) is 0 Å². The first-order valence-electron chi connectivity index (χ1n) is 6.56. The van der Waals surface area contributed by atoms with Crippen molar-refractivity contribution < 1.29 is 14.7 Å². The highest BCUT2D eigenvalue weighted by Crippen LogP contribution is 2.10. The van der Waals surface area contributed by atoms with Gasteiger partial charge in [-0.1, -0.05) is 17.9 Å². The van der Waals surface area contributed by atoms with E-state index in [-0.39, 0.29) is 25.6 Å². The standard InChI is InChI=1S/C15H19N3O3/c1-11-5-6-13(12(10-11)4-2-3-9-19)14(20)17-7-8-18-15(16)21/h5-6,10,19H,3,7-9H2,1H3,(H,17,20)(H3,16,18,21). The summed E-state index contributed by atoms with van der Waals surface area (Å²) in [5.41, 5.74) is 7.00. The van der Waals surface area contributed by atoms with Crippen LogP contribution in [-0.4, -0.2) is 36.7 Å². The van der Waals surface area contributed by atoms with Crippen LogP contribution in [0.3, 0.4) is 0 Å². The lowest BCUT2D eigenvalue weighted by Crippen LogP contribution is -2.37. The van der Waals surface area contributed by atoms with Crippen molar-refractivity contribution in [2.24, 2.45) is 5.73 Å². The predicted molar refractivity (Wildman–Crippen MR) is 79.7 cm³/mol. The van der Waals surface area contributed by atoms with Crippen molar-refractivity contribution >= 4 is 11.9 Å². The van der Waals surface area contributed by atoms with Crippen LogP contribution in [-0.2, 0) is 0 Å². The fraction of sp³-hybridized carbons (Fsp3) is 0.333. The van der Waals surface area contributed by atoms with E-state index < -0.39 is 6.03 Å². The molecule has 0 fully saturated rings. The third kappa shape index (κ3) is 5.97. The molecule has 0 saturated carbocycles. The molecule has 0 heterocycles. The molecule has 0 aliphatic heterocycles. The predicted octanol–water partition coefficient (Wildman–Crippen LogP) is 0.127. The van der Waals surface area contributed by atoms with E-state index in [1.165, 1.54) is 0 Å². The molecule has 1 rings (SSSR count). The average Bonchev–Trinajstić information content (AvgIpc) is 2.43. The van der Waals surface area contributed by atoms with Gasteiger partial charge in [0.05, 0.1) is 12.2 Å². The number of nitrogens with one attached hydrogen (secondary N) is 2. The van der Waals surface area contributed by atoms with Gasteiger partial charge in [-0.25, -0.2) is 4.79 Å². The van der Waals surface area contributed by atoms with Gasteiger partial charge in [-0.3, -0.25) is 4.79 Å². The Morgan fingerprint density at radius 2 is 2.00 bits per heavy atom. The van der Waals surface area contributed by atoms with Gasteiger partial charge in [-0.2, -0.15) is 0 Å². The maximum atomic E-state index is 12.1. The second-order valence-electron chi connectivity index (χ2n) is 4.37. The van der Waals surface area contributed by atoms with Crippen LogP contribution in [0.2, 0.25) is 0 Å². The number of primary amides is 1. The average molecular weight is 289 g/mol. The van der Waals surface area contributed by atoms with Gasteiger partial charge in [0.25, 0.3) is 5.91 Å². The van der Waals surface area contributed by atoms with Crippen LogP contribution in [0.4, 0.5) is 4.79 Å². The van der Waals surface area contributed by atoms with Gasteiger partial charge in [0.1, 0.15) is 0 Å². The molecule has 6 nitrogen and oxygen atoms in total. The number of carbonyl (C=O) groups excluding carboxylic acids is 2. The number of aliphatic hydroxyl groups excluding tert-OH is 1. The van der Waals surface area contributed by atoms with Gasteiger partial charge in [-0.15, -0.1) is 0 Å². The van der Waals surface area contributed by atoms with Crippen molar-refractivity contribution in [2.45, 2.75) is 13.3 Å². The third-order valence-electron chi connectivity index (χ3n) is 2.59. The van der Waals surface area contributed by atoms with Crippen LogP contribution >= 0.6 is 0 Å². The SMILES string of the molecule is Cc1ccc(C(=O)NCCNC(N)=O)c(C#CCCO)c1. The maximum Gasteiger partial charge on any atom is 0.312 e. The Kier molecular flexibility index (Phi) is 6.78. The van der Waals surface area contributed by atoms with E-state index in [1.807, 2.05) is 19.1 Å². The molecule has 0 saturated heterocycles. The first-order valence-corrected chi connectivity index (χ1v) is 6.56. The molecule has 1 aromatic rings. The number of hydrogen-bond acceptors (Lipinski definition) is 3. The molecule has 0 spiro atoms. The second kappa shape index (κ2) is 8.61. The molecule has 0 aliphatic rings. The molecule has 5 N–H and O–H groups in total. The van der Waals surface area contributed by atoms with E-state index in [9.17, 15) is 9.59 Å². The first kappa shape index (κ1) is 16.5. The molecule has 0 radical (unpaired) electrons. The zero-order chi connectivity index (χ0) is 15.7. The van der Waals surface area contributed by atoms with Crippen molar-refractivity contribution in [3.63, 3.8) is 0 Å². The lowest BCUT2D eigenvalue weighted by Gasteiger charge is -2.08. The van der Waals surface area contributed by atoms with Crippen LogP contribution in [0, 0.1) is 18.8 Å². The normalized spacial score (nSPS) is 9.43. The number of aryl methyl sites for hydroxylation is 1. The molecule has 0 aromatic heterocycles. The van der Waals surface area contributed by atoms with E-state index in [0.717, 1.165) is 5.56 Å². The maximum absolute atomic E-state index is 12.1. The number of amides is 3. The van der Waals surface area contributed by atoms with Crippen molar-refractivity contribution in [2.75, 3.05) is 19.7 Å². The molecule has 21 heavy (non-hydrogen) atoms. The summed E-state index contributed by atoms with van der Waals surface area (Å²) in [6, 6.07) is 4.72. The lowest BCUT2D eigenvalue weighted by molar-refractivity contribution is 0.0953. The lowest BCUT2D eigenvalue weighted by atomic mass is 10.0. The largest absolute Gasteiger partial charge is 0.395 e. The summed E-state index contributed by atoms with van der Waals surface area (Å²) in [5.74, 6) is 5.42. The van der Waals surface area contributed by atoms with Crippen molar-refractivity contribution in [3.8, 4) is 11.8 Å². The summed E-state index contributed by atoms with van der Waals surface area (Å²) >= 11 is 0. The molecule has 6 heteroatoms. The Morgan fingerprint density at radius 1 is 1.29 bits per heavy atom. The summed E-state index contributed by atoms with van der Waals surface area (Å²) < 4.78 is 0. The van der Waals surface area contributed by atoms with Crippen LogP contribution in [0.1, 0.15) is 27.9 Å². The summed E-state index contributed by atoms with van der Waals surface area (Å²) in [7, 11) is 0. The first-order chi connectivity index (χ1) is 10.0. The zero-order valence-corrected chi connectivity index (χ0v) is 11.9. The second-order valence-corrected chi connectivity index (χ2v) is 4.37. The fourth-order valence-electron chi connectivity index (χ4n) is 1.63. The molecule has 0 unspecified atom stereocenters. The molecule has 3 amide bonds. The molecular weight excluding hydrogens is 270 g/mol. The van der Waals surface area contributed by atoms with Gasteiger partial charge in [0, 0.05) is 25.1 Å². The van der Waals surface area contributed by atoms with Crippen molar-refractivity contribution in [1.29, 1.82) is 0 Å². The minimum absolute atomic E-state index is 0.0147. The Hall–Kier alpha value is -2.52. The number of urea groups is 1. The monoisotopic (exact) mass is 289 g/mol. The van der Waals surface area contributed by atoms with Crippen LogP contribution in [0.15, 0.2) is 18.2 Å². The minimum atomic E-state index is -0.629. The molecule has 0 bridgehead atoms. The minimum Gasteiger partial charge on any atom is -0.395 e. The number of hydrogen-bond donors (Lipinski definition) is 4. The van der Waals surface area contributed by atoms with Crippen LogP contribution in [0.5, 0.6) is 0 Å². The van der Waals surface area contributed by atoms with Gasteiger partial charge >= 0.3 is 6.03 Å². The number of rotatable bonds is 5. The highest BCUT2D eigenvalue weighted by molar-refractivity contribution is 5.96. The fourth-order valence-corrected chi connectivity index (χ4v) is 1.63. The quantitative estimate of drug-likeness (QED) is 0.457. The highest BCUT2D eigenvalue weighted by Gasteiger charge is 2.09. The number of nitrogens with two attached hydrogens (primary N) is 1. The molecule has 0 aliphatic carbocycles. The van der Waals surface area contributed by atoms with Crippen molar-refractivity contribution in [3.05, 3.63) is 34.9 Å². The summed E-state index contributed by atoms with van der Waals surface area (Å²) in [4.78, 5) is 22.6. The molecular formula is C15H19N3O3. The summed E-state index contributed by atoms with van der Waals surface area (Å²) in [6.07, 6.45) is 0.359. The van der Waals surface area contributed by atoms with E-state index >= 15 is 0 Å². The highest BCUT2D eigenvalue weighted by atomic mass is 16.2. The summed E-state index contributed by atoms with van der Waals surface area (Å²) in [5, 5.41) is 13.8. The smallest absolute Gasteiger partial charge is 0.312 e. The van der Waals surface area contributed by atoms with Crippen LogP contribution in [0.25, 0.3) is 0 Å². The van der Waals surface area contributed by atoms with E-state index in [1.54, 1.807) is 6.07 Å². The number of benzene rings is 1. The number of aliphatic hydroxyl groups is 1. The zero-order valence-electron chi connectivity index (χ0n) is 11.9. The van der Waals surface area contributed by atoms with E-state index in [0.29, 0.717) is 17.5 Å². The molecule has 1 aromatic carbocycles. The Balaban J connectivity index is 2.74. The van der Waals surface area contributed by atoms with Gasteiger partial charge in [0.15, 0.2) is 0 Å². The molecule has 0 atom stereocenters. The Labute approximate surface area is 123 Å². The topological polar surface area (TPSA) is 104 Å². The summed E-state index contributed by atoms with van der Waals surface area (Å²) in [6.45, 7) is 2.44. The van der Waals surface area contributed by atoms with E-state index in [4.69, 9.17) is 10.8 Å². The van der Waals surface area contributed by atoms with Crippen LogP contribution < -0.4 is 16.4 Å². The van der Waals surface area contributed by atoms with Crippen molar-refractivity contribution in [1.82, 2.24) is 10.6 Å². The van der Waals surface area contributed by atoms with Gasteiger partial charge < -0.3 is 21.5 Å².